The van der Waals surface area contributed by atoms with Gasteiger partial charge in [-0.05, 0) is 44.2 Å². The zero-order chi connectivity index (χ0) is 20.4. The van der Waals surface area contributed by atoms with Crippen LogP contribution in [0.2, 0.25) is 0 Å². The number of carbonyl (C=O) groups excluding carboxylic acids is 1. The molecule has 0 atom stereocenters. The van der Waals surface area contributed by atoms with E-state index in [-0.39, 0.29) is 11.3 Å². The van der Waals surface area contributed by atoms with Gasteiger partial charge in [0, 0.05) is 31.7 Å². The van der Waals surface area contributed by atoms with Gasteiger partial charge in [0.2, 0.25) is 0 Å². The fourth-order valence-corrected chi connectivity index (χ4v) is 5.16. The standard InChI is InChI=1S/C23H30N4O3/c28-22(27-12-4-7-23(17-27)8-10-24-11-9-23)19-20(18-5-2-1-3-6-18)30-25-21(19)26-13-15-29-16-14-26/h1-3,5-6,24H,4,7-17H2. The van der Waals surface area contributed by atoms with E-state index in [0.717, 1.165) is 64.1 Å². The molecule has 1 spiro atoms. The number of rotatable bonds is 3. The van der Waals surface area contributed by atoms with Crippen molar-refractivity contribution < 1.29 is 14.1 Å². The zero-order valence-electron chi connectivity index (χ0n) is 17.4. The van der Waals surface area contributed by atoms with Crippen LogP contribution >= 0.6 is 0 Å². The number of morpholine rings is 1. The third-order valence-electron chi connectivity index (χ3n) is 6.85. The number of hydrogen-bond donors (Lipinski definition) is 1. The third kappa shape index (κ3) is 3.72. The lowest BCUT2D eigenvalue weighted by molar-refractivity contribution is 0.0411. The Labute approximate surface area is 177 Å². The van der Waals surface area contributed by atoms with Gasteiger partial charge in [-0.25, -0.2) is 0 Å². The van der Waals surface area contributed by atoms with Crippen molar-refractivity contribution in [1.82, 2.24) is 15.4 Å². The van der Waals surface area contributed by atoms with Gasteiger partial charge in [-0.2, -0.15) is 0 Å². The van der Waals surface area contributed by atoms with Gasteiger partial charge in [0.05, 0.1) is 13.2 Å². The summed E-state index contributed by atoms with van der Waals surface area (Å²) in [6, 6.07) is 9.85. The van der Waals surface area contributed by atoms with Crippen molar-refractivity contribution in [3.8, 4) is 11.3 Å². The quantitative estimate of drug-likeness (QED) is 0.839. The maximum atomic E-state index is 13.9. The second-order valence-corrected chi connectivity index (χ2v) is 8.76. The summed E-state index contributed by atoms with van der Waals surface area (Å²) in [5.41, 5.74) is 1.75. The molecule has 1 amide bonds. The first-order valence-corrected chi connectivity index (χ1v) is 11.1. The van der Waals surface area contributed by atoms with E-state index >= 15 is 0 Å². The van der Waals surface area contributed by atoms with Crippen LogP contribution in [-0.4, -0.2) is 68.4 Å². The van der Waals surface area contributed by atoms with E-state index in [9.17, 15) is 4.79 Å². The van der Waals surface area contributed by atoms with E-state index in [0.29, 0.717) is 30.4 Å². The average molecular weight is 411 g/mol. The minimum Gasteiger partial charge on any atom is -0.378 e. The molecule has 3 aliphatic rings. The molecule has 160 valence electrons. The van der Waals surface area contributed by atoms with Gasteiger partial charge in [0.15, 0.2) is 11.6 Å². The lowest BCUT2D eigenvalue weighted by atomic mass is 9.73. The maximum Gasteiger partial charge on any atom is 0.261 e. The summed E-state index contributed by atoms with van der Waals surface area (Å²) in [4.78, 5) is 18.1. The molecule has 2 aromatic rings. The Balaban J connectivity index is 1.49. The molecule has 7 nitrogen and oxygen atoms in total. The summed E-state index contributed by atoms with van der Waals surface area (Å²) < 4.78 is 11.3. The highest BCUT2D eigenvalue weighted by Crippen LogP contribution is 2.40. The number of hydrogen-bond acceptors (Lipinski definition) is 6. The fourth-order valence-electron chi connectivity index (χ4n) is 5.16. The summed E-state index contributed by atoms with van der Waals surface area (Å²) >= 11 is 0. The van der Waals surface area contributed by atoms with Gasteiger partial charge in [0.25, 0.3) is 5.91 Å². The van der Waals surface area contributed by atoms with Crippen LogP contribution in [0.5, 0.6) is 0 Å². The Morgan fingerprint density at radius 2 is 1.80 bits per heavy atom. The summed E-state index contributed by atoms with van der Waals surface area (Å²) in [7, 11) is 0. The number of anilines is 1. The summed E-state index contributed by atoms with van der Waals surface area (Å²) in [6.45, 7) is 6.44. The molecule has 3 saturated heterocycles. The van der Waals surface area contributed by atoms with Crippen molar-refractivity contribution in [1.29, 1.82) is 0 Å². The largest absolute Gasteiger partial charge is 0.378 e. The molecule has 7 heteroatoms. The van der Waals surface area contributed by atoms with E-state index in [1.807, 2.05) is 30.3 Å². The number of benzene rings is 1. The van der Waals surface area contributed by atoms with Crippen LogP contribution in [0.3, 0.4) is 0 Å². The molecule has 0 bridgehead atoms. The van der Waals surface area contributed by atoms with Crippen molar-refractivity contribution >= 4 is 11.7 Å². The van der Waals surface area contributed by atoms with Gasteiger partial charge in [-0.3, -0.25) is 4.79 Å². The van der Waals surface area contributed by atoms with Crippen LogP contribution < -0.4 is 10.2 Å². The Morgan fingerprint density at radius 1 is 1.03 bits per heavy atom. The SMILES string of the molecule is O=C(c1c(N2CCOCC2)noc1-c1ccccc1)N1CCCC2(CCNCC2)C1. The van der Waals surface area contributed by atoms with E-state index < -0.39 is 0 Å². The molecule has 0 unspecified atom stereocenters. The third-order valence-corrected chi connectivity index (χ3v) is 6.85. The predicted molar refractivity (Wildman–Crippen MR) is 115 cm³/mol. The molecular weight excluding hydrogens is 380 g/mol. The average Bonchev–Trinajstić information content (AvgIpc) is 3.25. The van der Waals surface area contributed by atoms with Crippen LogP contribution in [-0.2, 0) is 4.74 Å². The van der Waals surface area contributed by atoms with Crippen LogP contribution in [0.4, 0.5) is 5.82 Å². The number of carbonyl (C=O) groups is 1. The van der Waals surface area contributed by atoms with Crippen molar-refractivity contribution in [3.63, 3.8) is 0 Å². The van der Waals surface area contributed by atoms with Gasteiger partial charge in [-0.1, -0.05) is 35.5 Å². The second-order valence-electron chi connectivity index (χ2n) is 8.76. The Hall–Kier alpha value is -2.38. The van der Waals surface area contributed by atoms with Gasteiger partial charge in [-0.15, -0.1) is 0 Å². The first-order chi connectivity index (χ1) is 14.8. The van der Waals surface area contributed by atoms with Crippen LogP contribution in [0.15, 0.2) is 34.9 Å². The Bertz CT molecular complexity index is 864. The van der Waals surface area contributed by atoms with Crippen molar-refractivity contribution in [3.05, 3.63) is 35.9 Å². The molecule has 3 aliphatic heterocycles. The highest BCUT2D eigenvalue weighted by atomic mass is 16.5. The molecule has 3 fully saturated rings. The van der Waals surface area contributed by atoms with Crippen molar-refractivity contribution in [2.45, 2.75) is 25.7 Å². The maximum absolute atomic E-state index is 13.9. The molecule has 1 aromatic carbocycles. The predicted octanol–water partition coefficient (Wildman–Crippen LogP) is 2.78. The van der Waals surface area contributed by atoms with Gasteiger partial charge < -0.3 is 24.4 Å². The molecule has 4 heterocycles. The molecule has 0 aliphatic carbocycles. The van der Waals surface area contributed by atoms with Gasteiger partial charge >= 0.3 is 0 Å². The van der Waals surface area contributed by atoms with E-state index in [4.69, 9.17) is 9.26 Å². The molecule has 1 aromatic heterocycles. The number of aromatic nitrogens is 1. The minimum absolute atomic E-state index is 0.0502. The zero-order valence-corrected chi connectivity index (χ0v) is 17.4. The van der Waals surface area contributed by atoms with E-state index in [1.165, 1.54) is 6.42 Å². The van der Waals surface area contributed by atoms with Gasteiger partial charge in [0.1, 0.15) is 5.56 Å². The van der Waals surface area contributed by atoms with E-state index in [1.54, 1.807) is 0 Å². The minimum atomic E-state index is 0.0502. The molecular formula is C23H30N4O3. The van der Waals surface area contributed by atoms with E-state index in [2.05, 4.69) is 20.3 Å². The second kappa shape index (κ2) is 8.40. The Morgan fingerprint density at radius 3 is 2.57 bits per heavy atom. The normalized spacial score (nSPS) is 21.7. The number of piperidine rings is 2. The molecule has 0 radical (unpaired) electrons. The van der Waals surface area contributed by atoms with Crippen LogP contribution in [0.25, 0.3) is 11.3 Å². The van der Waals surface area contributed by atoms with Crippen molar-refractivity contribution in [2.75, 3.05) is 57.4 Å². The first kappa shape index (κ1) is 19.6. The molecule has 30 heavy (non-hydrogen) atoms. The summed E-state index contributed by atoms with van der Waals surface area (Å²) in [6.07, 6.45) is 4.55. The highest BCUT2D eigenvalue weighted by molar-refractivity contribution is 6.04. The molecule has 5 rings (SSSR count). The monoisotopic (exact) mass is 410 g/mol. The fraction of sp³-hybridized carbons (Fsp3) is 0.565. The number of nitrogens with zero attached hydrogens (tertiary/aromatic N) is 3. The highest BCUT2D eigenvalue weighted by Gasteiger charge is 2.40. The number of ether oxygens (including phenoxy) is 1. The summed E-state index contributed by atoms with van der Waals surface area (Å²) in [5.74, 6) is 1.29. The number of nitrogens with one attached hydrogen (secondary N) is 1. The topological polar surface area (TPSA) is 70.8 Å². The first-order valence-electron chi connectivity index (χ1n) is 11.1. The van der Waals surface area contributed by atoms with Crippen molar-refractivity contribution in [2.24, 2.45) is 5.41 Å². The summed E-state index contributed by atoms with van der Waals surface area (Å²) in [5, 5.41) is 7.84. The Kier molecular flexibility index (Phi) is 5.48. The lowest BCUT2D eigenvalue weighted by Crippen LogP contribution is -2.50. The number of amides is 1. The smallest absolute Gasteiger partial charge is 0.261 e. The lowest BCUT2D eigenvalue weighted by Gasteiger charge is -2.45. The van der Waals surface area contributed by atoms with Crippen LogP contribution in [0, 0.1) is 5.41 Å². The number of likely N-dealkylation sites (tertiary alicyclic amines) is 1. The van der Waals surface area contributed by atoms with Crippen LogP contribution in [0.1, 0.15) is 36.0 Å². The molecule has 0 saturated carbocycles. The molecule has 1 N–H and O–H groups in total.